The van der Waals surface area contributed by atoms with Gasteiger partial charge in [0.25, 0.3) is 0 Å². The summed E-state index contributed by atoms with van der Waals surface area (Å²) in [4.78, 5) is 0. The molecule has 15 heavy (non-hydrogen) atoms. The van der Waals surface area contributed by atoms with Gasteiger partial charge in [0.2, 0.25) is 0 Å². The van der Waals surface area contributed by atoms with Gasteiger partial charge in [-0.25, -0.2) is 0 Å². The highest BCUT2D eigenvalue weighted by atomic mass is 16.7. The van der Waals surface area contributed by atoms with E-state index in [0.717, 1.165) is 31.0 Å². The number of hydrogen-bond acceptors (Lipinski definition) is 4. The summed E-state index contributed by atoms with van der Waals surface area (Å²) in [6.07, 6.45) is 3.18. The number of aryl methyl sites for hydroxylation is 2. The van der Waals surface area contributed by atoms with Crippen LogP contribution in [0.15, 0.2) is 6.20 Å². The molecule has 0 aliphatic carbocycles. The number of anilines is 1. The SMILES string of the molecule is Cc1nn(C)cc1NCC1CCOCO1. The summed E-state index contributed by atoms with van der Waals surface area (Å²) in [5.74, 6) is 0. The maximum atomic E-state index is 5.43. The largest absolute Gasteiger partial charge is 0.380 e. The fourth-order valence-electron chi connectivity index (χ4n) is 1.66. The second-order valence-corrected chi connectivity index (χ2v) is 3.79. The summed E-state index contributed by atoms with van der Waals surface area (Å²) < 4.78 is 12.4. The van der Waals surface area contributed by atoms with Gasteiger partial charge in [0, 0.05) is 19.8 Å². The molecule has 2 rings (SSSR count). The van der Waals surface area contributed by atoms with E-state index in [1.165, 1.54) is 0 Å². The van der Waals surface area contributed by atoms with E-state index in [2.05, 4.69) is 10.4 Å². The van der Waals surface area contributed by atoms with Gasteiger partial charge in [-0.15, -0.1) is 0 Å². The van der Waals surface area contributed by atoms with Crippen molar-refractivity contribution in [3.8, 4) is 0 Å². The van der Waals surface area contributed by atoms with Crippen LogP contribution in [-0.2, 0) is 16.5 Å². The molecule has 2 heterocycles. The van der Waals surface area contributed by atoms with Crippen molar-refractivity contribution in [1.29, 1.82) is 0 Å². The van der Waals surface area contributed by atoms with Gasteiger partial charge in [-0.05, 0) is 13.3 Å². The van der Waals surface area contributed by atoms with E-state index in [9.17, 15) is 0 Å². The van der Waals surface area contributed by atoms with Crippen LogP contribution in [0.4, 0.5) is 5.69 Å². The van der Waals surface area contributed by atoms with Crippen molar-refractivity contribution in [2.24, 2.45) is 7.05 Å². The van der Waals surface area contributed by atoms with Crippen molar-refractivity contribution in [2.75, 3.05) is 25.3 Å². The van der Waals surface area contributed by atoms with Crippen LogP contribution in [0.5, 0.6) is 0 Å². The van der Waals surface area contributed by atoms with Crippen molar-refractivity contribution < 1.29 is 9.47 Å². The molecule has 0 radical (unpaired) electrons. The lowest BCUT2D eigenvalue weighted by Crippen LogP contribution is -2.30. The lowest BCUT2D eigenvalue weighted by molar-refractivity contribution is -0.133. The van der Waals surface area contributed by atoms with Gasteiger partial charge in [-0.3, -0.25) is 4.68 Å². The molecule has 1 aliphatic rings. The number of nitrogens with one attached hydrogen (secondary N) is 1. The van der Waals surface area contributed by atoms with E-state index in [1.807, 2.05) is 24.9 Å². The van der Waals surface area contributed by atoms with Crippen molar-refractivity contribution >= 4 is 5.69 Å². The molecule has 0 spiro atoms. The lowest BCUT2D eigenvalue weighted by atomic mass is 10.2. The Kier molecular flexibility index (Phi) is 3.23. The van der Waals surface area contributed by atoms with E-state index in [1.54, 1.807) is 0 Å². The van der Waals surface area contributed by atoms with Crippen LogP contribution in [0.25, 0.3) is 0 Å². The van der Waals surface area contributed by atoms with Crippen molar-refractivity contribution in [3.63, 3.8) is 0 Å². The maximum absolute atomic E-state index is 5.43. The number of rotatable bonds is 3. The quantitative estimate of drug-likeness (QED) is 0.807. The molecule has 1 unspecified atom stereocenters. The molecule has 1 fully saturated rings. The second-order valence-electron chi connectivity index (χ2n) is 3.79. The molecule has 0 saturated carbocycles. The Morgan fingerprint density at radius 1 is 1.67 bits per heavy atom. The number of hydrogen-bond donors (Lipinski definition) is 1. The van der Waals surface area contributed by atoms with Gasteiger partial charge < -0.3 is 14.8 Å². The van der Waals surface area contributed by atoms with Crippen LogP contribution in [0, 0.1) is 6.92 Å². The number of ether oxygens (including phenoxy) is 2. The minimum absolute atomic E-state index is 0.248. The monoisotopic (exact) mass is 211 g/mol. The standard InChI is InChI=1S/C10H17N3O2/c1-8-10(6-13(2)12-8)11-5-9-3-4-14-7-15-9/h6,9,11H,3-5,7H2,1-2H3. The highest BCUT2D eigenvalue weighted by Gasteiger charge is 2.14. The average Bonchev–Trinajstić information content (AvgIpc) is 2.56. The molecule has 84 valence electrons. The molecule has 0 bridgehead atoms. The Labute approximate surface area is 89.4 Å². The predicted octanol–water partition coefficient (Wildman–Crippen LogP) is 0.903. The normalized spacial score (nSPS) is 21.6. The zero-order chi connectivity index (χ0) is 10.7. The highest BCUT2D eigenvalue weighted by Crippen LogP contribution is 2.13. The average molecular weight is 211 g/mol. The zero-order valence-electron chi connectivity index (χ0n) is 9.19. The van der Waals surface area contributed by atoms with Gasteiger partial charge in [0.05, 0.1) is 24.1 Å². The third-order valence-corrected chi connectivity index (χ3v) is 2.50. The number of nitrogens with zero attached hydrogens (tertiary/aromatic N) is 2. The summed E-state index contributed by atoms with van der Waals surface area (Å²) in [5, 5.41) is 7.60. The van der Waals surface area contributed by atoms with Crippen molar-refractivity contribution in [2.45, 2.75) is 19.4 Å². The predicted molar refractivity (Wildman–Crippen MR) is 56.7 cm³/mol. The van der Waals surface area contributed by atoms with Gasteiger partial charge in [-0.2, -0.15) is 5.10 Å². The molecule has 0 amide bonds. The van der Waals surface area contributed by atoms with Gasteiger partial charge in [0.15, 0.2) is 0 Å². The fraction of sp³-hybridized carbons (Fsp3) is 0.700. The second kappa shape index (κ2) is 4.63. The van der Waals surface area contributed by atoms with Crippen LogP contribution in [0.1, 0.15) is 12.1 Å². The van der Waals surface area contributed by atoms with Crippen LogP contribution in [0.2, 0.25) is 0 Å². The first-order valence-electron chi connectivity index (χ1n) is 5.19. The molecule has 1 aliphatic heterocycles. The molecule has 5 nitrogen and oxygen atoms in total. The number of aromatic nitrogens is 2. The van der Waals surface area contributed by atoms with Gasteiger partial charge in [0.1, 0.15) is 6.79 Å². The molecule has 1 N–H and O–H groups in total. The van der Waals surface area contributed by atoms with Crippen LogP contribution in [0.3, 0.4) is 0 Å². The molecule has 1 saturated heterocycles. The fourth-order valence-corrected chi connectivity index (χ4v) is 1.66. The molecule has 5 heteroatoms. The summed E-state index contributed by atoms with van der Waals surface area (Å²) in [6, 6.07) is 0. The highest BCUT2D eigenvalue weighted by molar-refractivity contribution is 5.45. The molecule has 0 aromatic carbocycles. The third kappa shape index (κ3) is 2.70. The maximum Gasteiger partial charge on any atom is 0.147 e. The smallest absolute Gasteiger partial charge is 0.147 e. The Bertz CT molecular complexity index is 318. The minimum atomic E-state index is 0.248. The van der Waals surface area contributed by atoms with E-state index >= 15 is 0 Å². The van der Waals surface area contributed by atoms with E-state index in [0.29, 0.717) is 6.79 Å². The molecule has 1 atom stereocenters. The zero-order valence-corrected chi connectivity index (χ0v) is 9.19. The molecular weight excluding hydrogens is 194 g/mol. The van der Waals surface area contributed by atoms with Gasteiger partial charge >= 0.3 is 0 Å². The van der Waals surface area contributed by atoms with Crippen LogP contribution >= 0.6 is 0 Å². The van der Waals surface area contributed by atoms with E-state index in [-0.39, 0.29) is 6.10 Å². The van der Waals surface area contributed by atoms with Crippen molar-refractivity contribution in [3.05, 3.63) is 11.9 Å². The van der Waals surface area contributed by atoms with E-state index < -0.39 is 0 Å². The third-order valence-electron chi connectivity index (χ3n) is 2.50. The summed E-state index contributed by atoms with van der Waals surface area (Å²) in [6.45, 7) is 4.01. The topological polar surface area (TPSA) is 48.3 Å². The van der Waals surface area contributed by atoms with Gasteiger partial charge in [-0.1, -0.05) is 0 Å². The molecular formula is C10H17N3O2. The molecule has 1 aromatic rings. The summed E-state index contributed by atoms with van der Waals surface area (Å²) in [5.41, 5.74) is 2.09. The Morgan fingerprint density at radius 2 is 2.53 bits per heavy atom. The summed E-state index contributed by atoms with van der Waals surface area (Å²) >= 11 is 0. The first-order valence-corrected chi connectivity index (χ1v) is 5.19. The summed E-state index contributed by atoms with van der Waals surface area (Å²) in [7, 11) is 1.92. The first-order chi connectivity index (χ1) is 7.25. The molecule has 1 aromatic heterocycles. The Hall–Kier alpha value is -1.07. The van der Waals surface area contributed by atoms with E-state index in [4.69, 9.17) is 9.47 Å². The van der Waals surface area contributed by atoms with Crippen LogP contribution < -0.4 is 5.32 Å². The first kappa shape index (κ1) is 10.4. The van der Waals surface area contributed by atoms with Crippen LogP contribution in [-0.4, -0.2) is 35.8 Å². The Morgan fingerprint density at radius 3 is 3.13 bits per heavy atom. The lowest BCUT2D eigenvalue weighted by Gasteiger charge is -2.23. The van der Waals surface area contributed by atoms with Crippen molar-refractivity contribution in [1.82, 2.24) is 9.78 Å². The Balaban J connectivity index is 1.84. The minimum Gasteiger partial charge on any atom is -0.380 e.